The molecule has 0 bridgehead atoms. The van der Waals surface area contributed by atoms with Gasteiger partial charge in [-0.15, -0.1) is 0 Å². The van der Waals surface area contributed by atoms with Crippen molar-refractivity contribution in [3.63, 3.8) is 0 Å². The fraction of sp³-hybridized carbons (Fsp3) is 0.471. The summed E-state index contributed by atoms with van der Waals surface area (Å²) in [6.07, 6.45) is 0.956. The molecule has 1 aromatic rings. The Morgan fingerprint density at radius 3 is 1.67 bits per heavy atom. The van der Waals surface area contributed by atoms with Crippen molar-refractivity contribution in [1.82, 2.24) is 18.9 Å². The van der Waals surface area contributed by atoms with Gasteiger partial charge in [-0.2, -0.15) is 0 Å². The molecule has 1 N–H and O–H groups in total. The molecule has 0 spiro atoms. The molecule has 0 aromatic carbocycles. The summed E-state index contributed by atoms with van der Waals surface area (Å²) in [4.78, 5) is 63.9. The minimum absolute atomic E-state index is 0.0401. The normalized spacial score (nSPS) is 15.0. The predicted octanol–water partition coefficient (Wildman–Crippen LogP) is -0.0306. The third-order valence-electron chi connectivity index (χ3n) is 4.40. The lowest BCUT2D eigenvalue weighted by atomic mass is 10.1. The number of barbiturate groups is 1. The van der Waals surface area contributed by atoms with E-state index in [9.17, 15) is 29.1 Å². The van der Waals surface area contributed by atoms with Crippen LogP contribution in [0.3, 0.4) is 0 Å². The predicted molar refractivity (Wildman–Crippen MR) is 96.1 cm³/mol. The van der Waals surface area contributed by atoms with Crippen LogP contribution in [0.25, 0.3) is 6.08 Å². The Kier molecular flexibility index (Phi) is 5.67. The molecule has 1 saturated heterocycles. The summed E-state index contributed by atoms with van der Waals surface area (Å²) in [6.45, 7) is 6.57. The highest BCUT2D eigenvalue weighted by Gasteiger charge is 2.40. The molecule has 146 valence electrons. The van der Waals surface area contributed by atoms with Crippen LogP contribution in [0.4, 0.5) is 4.79 Å². The molecular weight excluding hydrogens is 356 g/mol. The van der Waals surface area contributed by atoms with Gasteiger partial charge in [0.2, 0.25) is 5.88 Å². The second kappa shape index (κ2) is 7.60. The van der Waals surface area contributed by atoms with Gasteiger partial charge >= 0.3 is 11.7 Å². The summed E-state index contributed by atoms with van der Waals surface area (Å²) in [6, 6.07) is -0.735. The van der Waals surface area contributed by atoms with Crippen LogP contribution in [-0.4, -0.2) is 55.0 Å². The summed E-state index contributed by atoms with van der Waals surface area (Å²) in [5, 5.41) is 10.4. The Bertz CT molecular complexity index is 927. The van der Waals surface area contributed by atoms with Gasteiger partial charge in [0, 0.05) is 26.2 Å². The first-order chi connectivity index (χ1) is 12.7. The number of carbonyl (C=O) groups is 3. The van der Waals surface area contributed by atoms with Crippen molar-refractivity contribution in [2.45, 2.75) is 40.8 Å². The summed E-state index contributed by atoms with van der Waals surface area (Å²) in [5.74, 6) is -2.34. The highest BCUT2D eigenvalue weighted by molar-refractivity contribution is 6.30. The average molecular weight is 378 g/mol. The van der Waals surface area contributed by atoms with Crippen LogP contribution in [0, 0.1) is 0 Å². The molecule has 1 aliphatic rings. The van der Waals surface area contributed by atoms with Crippen LogP contribution in [-0.2, 0) is 22.7 Å². The Balaban J connectivity index is 2.79. The maximum atomic E-state index is 12.6. The van der Waals surface area contributed by atoms with Gasteiger partial charge in [0.05, 0.1) is 0 Å². The molecule has 0 radical (unpaired) electrons. The van der Waals surface area contributed by atoms with Crippen molar-refractivity contribution in [2.24, 2.45) is 0 Å². The van der Waals surface area contributed by atoms with E-state index in [0.717, 1.165) is 25.0 Å². The first-order valence-corrected chi connectivity index (χ1v) is 8.70. The minimum atomic E-state index is -0.853. The van der Waals surface area contributed by atoms with Crippen LogP contribution in [0.1, 0.15) is 33.3 Å². The van der Waals surface area contributed by atoms with Crippen LogP contribution >= 0.6 is 0 Å². The molecular formula is C17H22N4O6. The van der Waals surface area contributed by atoms with Gasteiger partial charge in [0.25, 0.3) is 17.4 Å². The number of hydrogen-bond donors (Lipinski definition) is 1. The quantitative estimate of drug-likeness (QED) is 0.567. The van der Waals surface area contributed by atoms with Crippen molar-refractivity contribution >= 4 is 23.9 Å². The number of hydrogen-bond acceptors (Lipinski definition) is 6. The first-order valence-electron chi connectivity index (χ1n) is 8.70. The van der Waals surface area contributed by atoms with E-state index in [1.807, 2.05) is 0 Å². The van der Waals surface area contributed by atoms with Crippen LogP contribution in [0.2, 0.25) is 0 Å². The highest BCUT2D eigenvalue weighted by atomic mass is 16.3. The zero-order valence-electron chi connectivity index (χ0n) is 15.7. The average Bonchev–Trinajstić information content (AvgIpc) is 2.62. The maximum Gasteiger partial charge on any atom is 0.333 e. The monoisotopic (exact) mass is 378 g/mol. The van der Waals surface area contributed by atoms with Gasteiger partial charge in [0.1, 0.15) is 11.1 Å². The Labute approximate surface area is 154 Å². The second-order valence-electron chi connectivity index (χ2n) is 5.75. The number of imide groups is 2. The number of aromatic hydroxyl groups is 1. The van der Waals surface area contributed by atoms with Crippen molar-refractivity contribution in [3.05, 3.63) is 32.0 Å². The molecule has 0 aliphatic carbocycles. The largest absolute Gasteiger partial charge is 0.494 e. The van der Waals surface area contributed by atoms with Gasteiger partial charge in [-0.25, -0.2) is 9.59 Å². The number of aromatic nitrogens is 2. The first kappa shape index (κ1) is 20.1. The summed E-state index contributed by atoms with van der Waals surface area (Å²) < 4.78 is 1.86. The van der Waals surface area contributed by atoms with Crippen molar-refractivity contribution in [1.29, 1.82) is 0 Å². The van der Waals surface area contributed by atoms with Crippen molar-refractivity contribution in [3.8, 4) is 5.88 Å². The Morgan fingerprint density at radius 1 is 0.778 bits per heavy atom. The van der Waals surface area contributed by atoms with E-state index in [2.05, 4.69) is 0 Å². The summed E-state index contributed by atoms with van der Waals surface area (Å²) in [5.41, 5.74) is -2.28. The zero-order chi connectivity index (χ0) is 20.5. The van der Waals surface area contributed by atoms with Crippen molar-refractivity contribution < 1.29 is 19.5 Å². The second-order valence-corrected chi connectivity index (χ2v) is 5.75. The highest BCUT2D eigenvalue weighted by Crippen LogP contribution is 2.21. The van der Waals surface area contributed by atoms with Gasteiger partial charge < -0.3 is 5.11 Å². The standard InChI is InChI=1S/C17H22N4O6/c1-5-18-12(22)10(13(23)19(6-2)16(18)26)9-11-14(24)20(7-3)17(27)21(8-4)15(11)25/h9,22H,5-8H2,1-4H3. The van der Waals surface area contributed by atoms with Gasteiger partial charge in [-0.05, 0) is 33.8 Å². The number of nitrogens with zero attached hydrogens (tertiary/aromatic N) is 4. The van der Waals surface area contributed by atoms with Crippen LogP contribution in [0.15, 0.2) is 15.2 Å². The molecule has 2 heterocycles. The Hall–Kier alpha value is -3.17. The SMILES string of the molecule is CCN1C(=O)C(=Cc2c(O)n(CC)c(=O)n(CC)c2=O)C(=O)N(CC)C1=O. The molecule has 0 saturated carbocycles. The molecule has 1 aliphatic heterocycles. The fourth-order valence-corrected chi connectivity index (χ4v) is 2.93. The lowest BCUT2D eigenvalue weighted by Crippen LogP contribution is -2.56. The third-order valence-corrected chi connectivity index (χ3v) is 4.40. The van der Waals surface area contributed by atoms with Crippen LogP contribution in [0.5, 0.6) is 5.88 Å². The molecule has 1 aromatic heterocycles. The number of carbonyl (C=O) groups excluding carboxylic acids is 3. The molecule has 1 fully saturated rings. The number of urea groups is 1. The zero-order valence-corrected chi connectivity index (χ0v) is 15.7. The van der Waals surface area contributed by atoms with Gasteiger partial charge in [-0.3, -0.25) is 33.3 Å². The molecule has 27 heavy (non-hydrogen) atoms. The van der Waals surface area contributed by atoms with Gasteiger partial charge in [0.15, 0.2) is 0 Å². The van der Waals surface area contributed by atoms with E-state index >= 15 is 0 Å². The van der Waals surface area contributed by atoms with E-state index in [0.29, 0.717) is 0 Å². The third kappa shape index (κ3) is 3.07. The van der Waals surface area contributed by atoms with E-state index < -0.39 is 40.5 Å². The number of rotatable bonds is 5. The minimum Gasteiger partial charge on any atom is -0.494 e. The van der Waals surface area contributed by atoms with Crippen LogP contribution < -0.4 is 11.2 Å². The lowest BCUT2D eigenvalue weighted by Gasteiger charge is -2.32. The van der Waals surface area contributed by atoms with Gasteiger partial charge in [-0.1, -0.05) is 0 Å². The molecule has 10 heteroatoms. The summed E-state index contributed by atoms with van der Waals surface area (Å²) >= 11 is 0. The maximum absolute atomic E-state index is 12.6. The molecule has 4 amide bonds. The molecule has 0 unspecified atom stereocenters. The Morgan fingerprint density at radius 2 is 1.26 bits per heavy atom. The van der Waals surface area contributed by atoms with E-state index in [1.165, 1.54) is 0 Å². The number of amides is 4. The molecule has 10 nitrogen and oxygen atoms in total. The van der Waals surface area contributed by atoms with E-state index in [1.54, 1.807) is 27.7 Å². The summed E-state index contributed by atoms with van der Waals surface area (Å²) in [7, 11) is 0. The molecule has 0 atom stereocenters. The topological polar surface area (TPSA) is 122 Å². The fourth-order valence-electron chi connectivity index (χ4n) is 2.93. The number of likely N-dealkylation sites (N-methyl/N-ethyl adjacent to an activating group) is 2. The van der Waals surface area contributed by atoms with E-state index in [4.69, 9.17) is 0 Å². The molecule has 2 rings (SSSR count). The van der Waals surface area contributed by atoms with Crippen molar-refractivity contribution in [2.75, 3.05) is 13.1 Å². The smallest absolute Gasteiger partial charge is 0.333 e. The van der Waals surface area contributed by atoms with E-state index in [-0.39, 0.29) is 31.7 Å². The lowest BCUT2D eigenvalue weighted by molar-refractivity contribution is -0.135.